The third kappa shape index (κ3) is 4.35. The fourth-order valence-electron chi connectivity index (χ4n) is 2.77. The first-order valence-corrected chi connectivity index (χ1v) is 7.79. The van der Waals surface area contributed by atoms with Crippen molar-refractivity contribution in [2.24, 2.45) is 16.3 Å². The van der Waals surface area contributed by atoms with Crippen molar-refractivity contribution < 1.29 is 5.21 Å². The number of hydrogen-bond acceptors (Lipinski definition) is 3. The number of oxime groups is 1. The Hall–Kier alpha value is -1.26. The van der Waals surface area contributed by atoms with Gasteiger partial charge in [-0.25, -0.2) is 0 Å². The van der Waals surface area contributed by atoms with Crippen LogP contribution in [0.25, 0.3) is 0 Å². The van der Waals surface area contributed by atoms with E-state index in [2.05, 4.69) is 24.3 Å². The van der Waals surface area contributed by atoms with Crippen LogP contribution in [0.1, 0.15) is 50.7 Å². The van der Waals surface area contributed by atoms with Crippen molar-refractivity contribution in [3.8, 4) is 0 Å². The number of hydrogen-bond donors (Lipinski definition) is 3. The Morgan fingerprint density at radius 3 is 2.67 bits per heavy atom. The Kier molecular flexibility index (Phi) is 5.12. The van der Waals surface area contributed by atoms with Gasteiger partial charge in [-0.3, -0.25) is 0 Å². The number of nitrogens with two attached hydrogens (primary N) is 1. The van der Waals surface area contributed by atoms with Crippen LogP contribution in [0, 0.1) is 5.41 Å². The van der Waals surface area contributed by atoms with Crippen LogP contribution in [0.3, 0.4) is 0 Å². The summed E-state index contributed by atoms with van der Waals surface area (Å²) in [5.41, 5.74) is 7.71. The van der Waals surface area contributed by atoms with Crippen molar-refractivity contribution in [3.05, 3.63) is 34.3 Å². The normalized spacial score (nSPS) is 19.7. The van der Waals surface area contributed by atoms with Gasteiger partial charge >= 0.3 is 0 Å². The summed E-state index contributed by atoms with van der Waals surface area (Å²) < 4.78 is 0. The average molecular weight is 310 g/mol. The highest BCUT2D eigenvalue weighted by atomic mass is 35.5. The maximum atomic E-state index is 8.67. The highest BCUT2D eigenvalue weighted by Crippen LogP contribution is 2.35. The summed E-state index contributed by atoms with van der Waals surface area (Å²) in [4.78, 5) is 0. The van der Waals surface area contributed by atoms with Gasteiger partial charge in [-0.15, -0.1) is 0 Å². The fraction of sp³-hybridized carbons (Fsp3) is 0.562. The zero-order chi connectivity index (χ0) is 15.5. The molecular formula is C16H24ClN3O. The summed E-state index contributed by atoms with van der Waals surface area (Å²) in [5, 5.41) is 15.9. The van der Waals surface area contributed by atoms with Crippen molar-refractivity contribution in [3.63, 3.8) is 0 Å². The quantitative estimate of drug-likeness (QED) is 0.345. The summed E-state index contributed by atoms with van der Waals surface area (Å²) in [6, 6.07) is 6.05. The molecule has 2 rings (SSSR count). The zero-order valence-corrected chi connectivity index (χ0v) is 13.5. The maximum Gasteiger partial charge on any atom is 0.170 e. The van der Waals surface area contributed by atoms with Gasteiger partial charge in [-0.1, -0.05) is 42.7 Å². The number of amidine groups is 1. The Morgan fingerprint density at radius 2 is 2.10 bits per heavy atom. The topological polar surface area (TPSA) is 70.6 Å². The number of nitrogens with zero attached hydrogens (tertiary/aromatic N) is 1. The highest BCUT2D eigenvalue weighted by molar-refractivity contribution is 6.31. The van der Waals surface area contributed by atoms with Crippen LogP contribution in [0.4, 0.5) is 0 Å². The lowest BCUT2D eigenvalue weighted by Crippen LogP contribution is -2.35. The molecule has 1 aliphatic carbocycles. The van der Waals surface area contributed by atoms with E-state index in [1.165, 1.54) is 25.7 Å². The minimum Gasteiger partial charge on any atom is -0.409 e. The molecule has 0 saturated heterocycles. The van der Waals surface area contributed by atoms with E-state index in [0.29, 0.717) is 22.0 Å². The van der Waals surface area contributed by atoms with Crippen LogP contribution in [0.2, 0.25) is 5.02 Å². The van der Waals surface area contributed by atoms with Crippen molar-refractivity contribution >= 4 is 17.4 Å². The molecule has 1 aromatic carbocycles. The van der Waals surface area contributed by atoms with Gasteiger partial charge in [0.05, 0.1) is 0 Å². The molecule has 0 unspecified atom stereocenters. The molecule has 0 spiro atoms. The molecule has 0 radical (unpaired) electrons. The summed E-state index contributed by atoms with van der Waals surface area (Å²) in [6.45, 7) is 5.43. The molecule has 0 heterocycles. The fourth-order valence-corrected chi connectivity index (χ4v) is 3.01. The van der Waals surface area contributed by atoms with E-state index in [-0.39, 0.29) is 5.84 Å². The minimum atomic E-state index is 0.0749. The minimum absolute atomic E-state index is 0.0749. The molecule has 1 fully saturated rings. The van der Waals surface area contributed by atoms with E-state index in [9.17, 15) is 0 Å². The largest absolute Gasteiger partial charge is 0.409 e. The second-order valence-corrected chi connectivity index (χ2v) is 7.02. The van der Waals surface area contributed by atoms with Crippen molar-refractivity contribution in [1.29, 1.82) is 0 Å². The predicted molar refractivity (Wildman–Crippen MR) is 86.8 cm³/mol. The molecule has 0 aromatic heterocycles. The zero-order valence-electron chi connectivity index (χ0n) is 12.7. The van der Waals surface area contributed by atoms with E-state index in [1.807, 2.05) is 12.1 Å². The molecule has 21 heavy (non-hydrogen) atoms. The first kappa shape index (κ1) is 16.1. The van der Waals surface area contributed by atoms with Gasteiger partial charge in [0.1, 0.15) is 0 Å². The third-order valence-corrected chi connectivity index (χ3v) is 4.73. The van der Waals surface area contributed by atoms with Crippen LogP contribution in [0.5, 0.6) is 0 Å². The summed E-state index contributed by atoms with van der Waals surface area (Å²) >= 11 is 6.26. The van der Waals surface area contributed by atoms with E-state index in [4.69, 9.17) is 22.5 Å². The molecule has 0 atom stereocenters. The van der Waals surface area contributed by atoms with Crippen molar-refractivity contribution in [2.45, 2.75) is 52.1 Å². The highest BCUT2D eigenvalue weighted by Gasteiger charge is 2.26. The van der Waals surface area contributed by atoms with Crippen LogP contribution in [-0.4, -0.2) is 17.1 Å². The van der Waals surface area contributed by atoms with Gasteiger partial charge in [0.2, 0.25) is 0 Å². The van der Waals surface area contributed by atoms with E-state index in [1.54, 1.807) is 6.07 Å². The lowest BCUT2D eigenvalue weighted by molar-refractivity contribution is 0.206. The first-order chi connectivity index (χ1) is 9.91. The van der Waals surface area contributed by atoms with Crippen LogP contribution < -0.4 is 11.1 Å². The van der Waals surface area contributed by atoms with Crippen molar-refractivity contribution in [2.75, 3.05) is 0 Å². The summed E-state index contributed by atoms with van der Waals surface area (Å²) in [6.07, 6.45) is 4.96. The Bertz CT molecular complexity index is 518. The maximum absolute atomic E-state index is 8.67. The molecule has 1 aromatic rings. The Balaban J connectivity index is 1.92. The lowest BCUT2D eigenvalue weighted by Gasteiger charge is -2.34. The van der Waals surface area contributed by atoms with Gasteiger partial charge in [0, 0.05) is 23.2 Å². The molecular weight excluding hydrogens is 286 g/mol. The molecule has 0 aliphatic heterocycles. The predicted octanol–water partition coefficient (Wildman–Crippen LogP) is 3.49. The van der Waals surface area contributed by atoms with Gasteiger partial charge in [-0.2, -0.15) is 0 Å². The van der Waals surface area contributed by atoms with Crippen LogP contribution >= 0.6 is 11.6 Å². The van der Waals surface area contributed by atoms with Gasteiger partial charge in [0.15, 0.2) is 5.84 Å². The number of nitrogens with one attached hydrogen (secondary N) is 1. The second-order valence-electron chi connectivity index (χ2n) is 6.61. The van der Waals surface area contributed by atoms with Crippen LogP contribution in [0.15, 0.2) is 23.4 Å². The molecule has 1 saturated carbocycles. The molecule has 116 valence electrons. The molecule has 0 amide bonds. The summed E-state index contributed by atoms with van der Waals surface area (Å²) in [7, 11) is 0. The number of rotatable bonds is 4. The van der Waals surface area contributed by atoms with Gasteiger partial charge in [-0.05, 0) is 42.7 Å². The lowest BCUT2D eigenvalue weighted by atomic mass is 9.75. The first-order valence-electron chi connectivity index (χ1n) is 7.41. The number of benzene rings is 1. The summed E-state index contributed by atoms with van der Waals surface area (Å²) in [5.74, 6) is 0.0749. The van der Waals surface area contributed by atoms with Gasteiger partial charge in [0.25, 0.3) is 0 Å². The SMILES string of the molecule is CC1(C)CCC(NCc2ccc(/C(N)=N/O)cc2Cl)CC1. The van der Waals surface area contributed by atoms with Gasteiger partial charge < -0.3 is 16.3 Å². The van der Waals surface area contributed by atoms with E-state index in [0.717, 1.165) is 12.1 Å². The molecule has 0 bridgehead atoms. The Morgan fingerprint density at radius 1 is 1.43 bits per heavy atom. The number of halogens is 1. The Labute approximate surface area is 131 Å². The average Bonchev–Trinajstić information content (AvgIpc) is 2.46. The monoisotopic (exact) mass is 309 g/mol. The molecule has 5 heteroatoms. The third-order valence-electron chi connectivity index (χ3n) is 4.38. The molecule has 4 nitrogen and oxygen atoms in total. The van der Waals surface area contributed by atoms with E-state index >= 15 is 0 Å². The second kappa shape index (κ2) is 6.67. The smallest absolute Gasteiger partial charge is 0.170 e. The van der Waals surface area contributed by atoms with Crippen molar-refractivity contribution in [1.82, 2.24) is 5.32 Å². The molecule has 4 N–H and O–H groups in total. The molecule has 1 aliphatic rings. The van der Waals surface area contributed by atoms with Crippen LogP contribution in [-0.2, 0) is 6.54 Å². The van der Waals surface area contributed by atoms with E-state index < -0.39 is 0 Å². The standard InChI is InChI=1S/C16H24ClN3O/c1-16(2)7-5-13(6-8-16)19-10-12-4-3-11(9-14(12)17)15(18)20-21/h3-4,9,13,19,21H,5-8,10H2,1-2H3,(H2,18,20).